The van der Waals surface area contributed by atoms with Gasteiger partial charge in [0.25, 0.3) is 0 Å². The van der Waals surface area contributed by atoms with Crippen LogP contribution < -0.4 is 5.30 Å². The van der Waals surface area contributed by atoms with E-state index in [0.29, 0.717) is 14.3 Å². The second kappa shape index (κ2) is 7.70. The van der Waals surface area contributed by atoms with Crippen LogP contribution in [0.25, 0.3) is 0 Å². The summed E-state index contributed by atoms with van der Waals surface area (Å²) in [4.78, 5) is 4.68. The van der Waals surface area contributed by atoms with Crippen molar-refractivity contribution in [3.63, 3.8) is 0 Å². The maximum absolute atomic E-state index is 10.4. The lowest BCUT2D eigenvalue weighted by Crippen LogP contribution is -2.20. The molecular weight excluding hydrogens is 325 g/mol. The van der Waals surface area contributed by atoms with Crippen molar-refractivity contribution in [2.45, 2.75) is 58.7 Å². The second-order valence-electron chi connectivity index (χ2n) is 7.85. The lowest BCUT2D eigenvalue weighted by Gasteiger charge is -2.31. The number of phenols is 1. The van der Waals surface area contributed by atoms with Gasteiger partial charge in [0.2, 0.25) is 0 Å². The number of nitrogens with zero attached hydrogens (tertiary/aromatic N) is 1. The fourth-order valence-electron chi connectivity index (χ4n) is 2.72. The molecule has 0 aliphatic carbocycles. The Balaban J connectivity index is 2.43. The first-order valence-corrected chi connectivity index (χ1v) is 9.87. The van der Waals surface area contributed by atoms with Gasteiger partial charge >= 0.3 is 0 Å². The molecule has 0 heterocycles. The van der Waals surface area contributed by atoms with Crippen LogP contribution >= 0.6 is 8.58 Å². The summed E-state index contributed by atoms with van der Waals surface area (Å²) < 4.78 is 0. The first-order chi connectivity index (χ1) is 11.6. The van der Waals surface area contributed by atoms with Gasteiger partial charge in [0.15, 0.2) is 0 Å². The third-order valence-corrected chi connectivity index (χ3v) is 6.32. The number of aromatic hydroxyl groups is 1. The molecule has 2 unspecified atom stereocenters. The summed E-state index contributed by atoms with van der Waals surface area (Å²) in [7, 11) is 0.560. The van der Waals surface area contributed by atoms with Crippen LogP contribution in [0.5, 0.6) is 5.75 Å². The third-order valence-electron chi connectivity index (χ3n) is 4.42. The van der Waals surface area contributed by atoms with Gasteiger partial charge in [-0.05, 0) is 51.1 Å². The molecule has 2 aromatic rings. The Labute approximate surface area is 154 Å². The van der Waals surface area contributed by atoms with Crippen LogP contribution in [0.15, 0.2) is 47.5 Å². The van der Waals surface area contributed by atoms with Crippen LogP contribution in [0, 0.1) is 6.92 Å². The normalized spacial score (nSPS) is 15.1. The number of phenolic OH excluding ortho intramolecular Hbond substituents is 1. The van der Waals surface area contributed by atoms with E-state index in [9.17, 15) is 5.11 Å². The van der Waals surface area contributed by atoms with Crippen LogP contribution in [0.4, 0.5) is 0 Å². The number of aliphatic imine (C=N–C) groups is 1. The first kappa shape index (κ1) is 19.7. The van der Waals surface area contributed by atoms with Gasteiger partial charge in [0.05, 0.1) is 5.54 Å². The van der Waals surface area contributed by atoms with Crippen molar-refractivity contribution in [1.82, 2.24) is 0 Å². The van der Waals surface area contributed by atoms with E-state index >= 15 is 0 Å². The fraction of sp³-hybridized carbons (Fsp3) is 0.409. The summed E-state index contributed by atoms with van der Waals surface area (Å²) in [5, 5.41) is 11.6. The number of aryl methyl sites for hydroxylation is 1. The molecule has 134 valence electrons. The molecule has 0 aliphatic rings. The summed E-state index contributed by atoms with van der Waals surface area (Å²) in [6, 6.07) is 14.4. The Hall–Kier alpha value is -1.66. The van der Waals surface area contributed by atoms with Gasteiger partial charge in [-0.3, -0.25) is 4.99 Å². The van der Waals surface area contributed by atoms with Crippen molar-refractivity contribution in [3.05, 3.63) is 59.2 Å². The molecule has 0 spiro atoms. The van der Waals surface area contributed by atoms with E-state index in [0.717, 1.165) is 12.0 Å². The minimum atomic E-state index is -0.0955. The van der Waals surface area contributed by atoms with E-state index in [1.165, 1.54) is 16.4 Å². The molecule has 1 N–H and O–H groups in total. The average Bonchev–Trinajstić information content (AvgIpc) is 2.55. The molecule has 2 aromatic carbocycles. The molecule has 25 heavy (non-hydrogen) atoms. The van der Waals surface area contributed by atoms with Gasteiger partial charge in [0, 0.05) is 16.9 Å². The number of rotatable bonds is 5. The summed E-state index contributed by atoms with van der Waals surface area (Å²) in [5.74, 6) is 0.392. The molecule has 0 bridgehead atoms. The molecule has 3 heteroatoms. The molecule has 0 radical (unpaired) electrons. The largest absolute Gasteiger partial charge is 0.508 e. The molecule has 0 amide bonds. The third kappa shape index (κ3) is 5.16. The van der Waals surface area contributed by atoms with Crippen LogP contribution in [0.2, 0.25) is 0 Å². The summed E-state index contributed by atoms with van der Waals surface area (Å²) in [6.45, 7) is 12.8. The predicted molar refractivity (Wildman–Crippen MR) is 112 cm³/mol. The zero-order valence-corrected chi connectivity index (χ0v) is 17.2. The zero-order chi connectivity index (χ0) is 18.7. The Morgan fingerprint density at radius 2 is 1.76 bits per heavy atom. The molecule has 2 rings (SSSR count). The highest BCUT2D eigenvalue weighted by molar-refractivity contribution is 7.48. The molecule has 0 saturated carbocycles. The van der Waals surface area contributed by atoms with Crippen molar-refractivity contribution in [2.24, 2.45) is 4.99 Å². The van der Waals surface area contributed by atoms with Gasteiger partial charge in [0.1, 0.15) is 5.75 Å². The standard InChI is InChI=1S/C22H30NOP/c1-7-22(6,18-14-16(2)12-13-19(18)24)25-20-11-9-8-10-17(20)15-23-21(3,4)5/h8-15,24-25H,7H2,1-6H3/b23-15+. The van der Waals surface area contributed by atoms with E-state index in [2.05, 4.69) is 76.9 Å². The molecule has 0 fully saturated rings. The van der Waals surface area contributed by atoms with Crippen LogP contribution in [-0.2, 0) is 5.16 Å². The van der Waals surface area contributed by atoms with E-state index in [4.69, 9.17) is 0 Å². The van der Waals surface area contributed by atoms with Crippen LogP contribution in [-0.4, -0.2) is 16.9 Å². The Kier molecular flexibility index (Phi) is 6.06. The van der Waals surface area contributed by atoms with Crippen molar-refractivity contribution < 1.29 is 5.11 Å². The van der Waals surface area contributed by atoms with E-state index in [1.807, 2.05) is 18.3 Å². The highest BCUT2D eigenvalue weighted by atomic mass is 31.1. The van der Waals surface area contributed by atoms with Gasteiger partial charge < -0.3 is 5.11 Å². The van der Waals surface area contributed by atoms with Crippen LogP contribution in [0.1, 0.15) is 57.7 Å². The lowest BCUT2D eigenvalue weighted by atomic mass is 9.95. The Morgan fingerprint density at radius 3 is 2.40 bits per heavy atom. The smallest absolute Gasteiger partial charge is 0.119 e. The fourth-order valence-corrected chi connectivity index (χ4v) is 4.30. The summed E-state index contributed by atoms with van der Waals surface area (Å²) >= 11 is 0. The van der Waals surface area contributed by atoms with Crippen molar-refractivity contribution in [2.75, 3.05) is 0 Å². The SMILES string of the molecule is CCC(C)(Pc1ccccc1/C=N/C(C)(C)C)c1cc(C)ccc1O. The average molecular weight is 355 g/mol. The van der Waals surface area contributed by atoms with Gasteiger partial charge in [-0.15, -0.1) is 0 Å². The van der Waals surface area contributed by atoms with Crippen LogP contribution in [0.3, 0.4) is 0 Å². The molecule has 0 saturated heterocycles. The van der Waals surface area contributed by atoms with Crippen molar-refractivity contribution >= 4 is 20.1 Å². The molecule has 0 aliphatic heterocycles. The monoisotopic (exact) mass is 355 g/mol. The summed E-state index contributed by atoms with van der Waals surface area (Å²) in [5.41, 5.74) is 3.30. The minimum Gasteiger partial charge on any atom is -0.508 e. The maximum atomic E-state index is 10.4. The lowest BCUT2D eigenvalue weighted by molar-refractivity contribution is 0.456. The highest BCUT2D eigenvalue weighted by Crippen LogP contribution is 2.47. The molecule has 0 aromatic heterocycles. The quantitative estimate of drug-likeness (QED) is 0.554. The van der Waals surface area contributed by atoms with Gasteiger partial charge in [-0.1, -0.05) is 64.4 Å². The second-order valence-corrected chi connectivity index (χ2v) is 9.74. The highest BCUT2D eigenvalue weighted by Gasteiger charge is 2.28. The Bertz CT molecular complexity index is 761. The first-order valence-electron chi connectivity index (χ1n) is 8.87. The molecular formula is C22H30NOP. The van der Waals surface area contributed by atoms with Crippen molar-refractivity contribution in [1.29, 1.82) is 0 Å². The minimum absolute atomic E-state index is 0.0842. The number of hydrogen-bond donors (Lipinski definition) is 1. The number of benzene rings is 2. The number of hydrogen-bond acceptors (Lipinski definition) is 2. The van der Waals surface area contributed by atoms with Gasteiger partial charge in [-0.25, -0.2) is 0 Å². The summed E-state index contributed by atoms with van der Waals surface area (Å²) in [6.07, 6.45) is 2.96. The van der Waals surface area contributed by atoms with Crippen molar-refractivity contribution in [3.8, 4) is 5.75 Å². The Morgan fingerprint density at radius 1 is 1.08 bits per heavy atom. The topological polar surface area (TPSA) is 32.6 Å². The maximum Gasteiger partial charge on any atom is 0.119 e. The molecule has 2 atom stereocenters. The zero-order valence-electron chi connectivity index (χ0n) is 16.2. The van der Waals surface area contributed by atoms with E-state index in [-0.39, 0.29) is 10.7 Å². The van der Waals surface area contributed by atoms with E-state index < -0.39 is 0 Å². The molecule has 2 nitrogen and oxygen atoms in total. The predicted octanol–water partition coefficient (Wildman–Crippen LogP) is 5.55. The van der Waals surface area contributed by atoms with Gasteiger partial charge in [-0.2, -0.15) is 0 Å². The van der Waals surface area contributed by atoms with E-state index in [1.54, 1.807) is 0 Å².